The third-order valence-corrected chi connectivity index (χ3v) is 4.16. The molecule has 0 bridgehead atoms. The molecule has 0 spiro atoms. The van der Waals surface area contributed by atoms with Crippen LogP contribution in [-0.2, 0) is 4.79 Å². The van der Waals surface area contributed by atoms with Crippen molar-refractivity contribution >= 4 is 29.1 Å². The molecule has 0 unspecified atom stereocenters. The highest BCUT2D eigenvalue weighted by Crippen LogP contribution is 2.30. The highest BCUT2D eigenvalue weighted by atomic mass is 32.2. The van der Waals surface area contributed by atoms with E-state index in [9.17, 15) is 9.18 Å². The second-order valence-corrected chi connectivity index (χ2v) is 5.92. The van der Waals surface area contributed by atoms with Gasteiger partial charge in [-0.25, -0.2) is 4.39 Å². The number of halogens is 1. The lowest BCUT2D eigenvalue weighted by atomic mass is 10.0. The maximum Gasteiger partial charge on any atom is 0.236 e. The number of carbonyl (C=O) groups is 1. The fourth-order valence-corrected chi connectivity index (χ4v) is 2.85. The van der Waals surface area contributed by atoms with Gasteiger partial charge in [-0.1, -0.05) is 30.0 Å². The molecule has 1 aliphatic heterocycles. The van der Waals surface area contributed by atoms with Crippen molar-refractivity contribution in [2.75, 3.05) is 12.9 Å². The van der Waals surface area contributed by atoms with Gasteiger partial charge in [0.1, 0.15) is 11.6 Å². The van der Waals surface area contributed by atoms with E-state index >= 15 is 0 Å². The average Bonchev–Trinajstić information content (AvgIpc) is 3.00. The summed E-state index contributed by atoms with van der Waals surface area (Å²) >= 11 is 1.31. The number of methoxy groups -OCH3 is 1. The van der Waals surface area contributed by atoms with Crippen molar-refractivity contribution in [3.05, 3.63) is 53.8 Å². The summed E-state index contributed by atoms with van der Waals surface area (Å²) in [6, 6.07) is 11.8. The van der Waals surface area contributed by atoms with Crippen LogP contribution in [0.4, 0.5) is 4.39 Å². The van der Waals surface area contributed by atoms with E-state index in [2.05, 4.69) is 15.5 Å². The number of carbonyl (C=O) groups excluding carboxylic acids is 1. The summed E-state index contributed by atoms with van der Waals surface area (Å²) in [7, 11) is 1.55. The van der Waals surface area contributed by atoms with Gasteiger partial charge in [0.2, 0.25) is 5.91 Å². The van der Waals surface area contributed by atoms with E-state index in [0.717, 1.165) is 11.1 Å². The molecule has 0 aliphatic carbocycles. The minimum absolute atomic E-state index is 0.0749. The Hall–Kier alpha value is -2.67. The van der Waals surface area contributed by atoms with Gasteiger partial charge in [-0.2, -0.15) is 5.10 Å². The molecule has 1 amide bonds. The molecule has 5 nitrogen and oxygen atoms in total. The Morgan fingerprint density at radius 3 is 2.92 bits per heavy atom. The van der Waals surface area contributed by atoms with Gasteiger partial charge >= 0.3 is 0 Å². The molecular weight excluding hydrogens is 329 g/mol. The van der Waals surface area contributed by atoms with Gasteiger partial charge in [0.15, 0.2) is 5.17 Å². The molecular formula is C17H14FN3O2S. The molecule has 1 heterocycles. The zero-order valence-corrected chi connectivity index (χ0v) is 13.6. The van der Waals surface area contributed by atoms with E-state index in [4.69, 9.17) is 4.74 Å². The van der Waals surface area contributed by atoms with E-state index in [1.165, 1.54) is 23.9 Å². The first-order valence-corrected chi connectivity index (χ1v) is 8.12. The number of hydrogen-bond donors (Lipinski definition) is 1. The number of amides is 1. The topological polar surface area (TPSA) is 63.1 Å². The number of ether oxygens (including phenoxy) is 1. The number of amidine groups is 1. The first-order valence-electron chi connectivity index (χ1n) is 7.13. The first-order chi connectivity index (χ1) is 11.7. The molecule has 2 aromatic rings. The summed E-state index contributed by atoms with van der Waals surface area (Å²) in [4.78, 5) is 11.1. The summed E-state index contributed by atoms with van der Waals surface area (Å²) in [5.74, 6) is 0.554. The molecule has 2 aromatic carbocycles. The Labute approximate surface area is 142 Å². The molecule has 1 N–H and O–H groups in total. The molecule has 1 saturated heterocycles. The fraction of sp³-hybridized carbons (Fsp3) is 0.118. The normalized spacial score (nSPS) is 15.9. The van der Waals surface area contributed by atoms with Gasteiger partial charge < -0.3 is 10.1 Å². The molecule has 0 atom stereocenters. The Morgan fingerprint density at radius 1 is 1.29 bits per heavy atom. The van der Waals surface area contributed by atoms with Crippen LogP contribution in [0.3, 0.4) is 0 Å². The summed E-state index contributed by atoms with van der Waals surface area (Å²) in [6.45, 7) is 0. The molecule has 0 aromatic heterocycles. The van der Waals surface area contributed by atoms with Crippen molar-refractivity contribution in [1.29, 1.82) is 0 Å². The molecule has 24 heavy (non-hydrogen) atoms. The number of benzene rings is 2. The summed E-state index contributed by atoms with van der Waals surface area (Å²) in [5, 5.41) is 11.0. The van der Waals surface area contributed by atoms with E-state index < -0.39 is 0 Å². The molecule has 122 valence electrons. The summed E-state index contributed by atoms with van der Waals surface area (Å²) in [5.41, 5.74) is 2.28. The van der Waals surface area contributed by atoms with Crippen molar-refractivity contribution in [3.63, 3.8) is 0 Å². The van der Waals surface area contributed by atoms with Gasteiger partial charge in [0, 0.05) is 5.56 Å². The van der Waals surface area contributed by atoms with Gasteiger partial charge in [-0.15, -0.1) is 5.10 Å². The second kappa shape index (κ2) is 7.27. The largest absolute Gasteiger partial charge is 0.496 e. The molecule has 1 fully saturated rings. The van der Waals surface area contributed by atoms with Gasteiger partial charge in [-0.05, 0) is 35.4 Å². The van der Waals surface area contributed by atoms with Crippen LogP contribution in [0.5, 0.6) is 5.75 Å². The minimum atomic E-state index is -0.328. The van der Waals surface area contributed by atoms with Crippen molar-refractivity contribution in [3.8, 4) is 16.9 Å². The highest BCUT2D eigenvalue weighted by molar-refractivity contribution is 8.15. The lowest BCUT2D eigenvalue weighted by Gasteiger charge is -2.09. The third-order valence-electron chi connectivity index (χ3n) is 3.30. The number of nitrogens with one attached hydrogen (secondary N) is 1. The smallest absolute Gasteiger partial charge is 0.236 e. The SMILES string of the molecule is COc1ccc(F)cc1-c1cccc(C=NN=C2NC(=O)CS2)c1. The highest BCUT2D eigenvalue weighted by Gasteiger charge is 2.15. The lowest BCUT2D eigenvalue weighted by molar-refractivity contribution is -0.116. The monoisotopic (exact) mass is 343 g/mol. The fourth-order valence-electron chi connectivity index (χ4n) is 2.22. The molecule has 0 radical (unpaired) electrons. The predicted molar refractivity (Wildman–Crippen MR) is 94.0 cm³/mol. The average molecular weight is 343 g/mol. The van der Waals surface area contributed by atoms with Crippen LogP contribution in [0.1, 0.15) is 5.56 Å². The van der Waals surface area contributed by atoms with Gasteiger partial charge in [-0.3, -0.25) is 4.79 Å². The minimum Gasteiger partial charge on any atom is -0.496 e. The number of rotatable bonds is 4. The van der Waals surface area contributed by atoms with Crippen molar-refractivity contribution in [1.82, 2.24) is 5.32 Å². The van der Waals surface area contributed by atoms with Crippen LogP contribution in [0.25, 0.3) is 11.1 Å². The molecule has 3 rings (SSSR count). The van der Waals surface area contributed by atoms with E-state index in [1.807, 2.05) is 24.3 Å². The van der Waals surface area contributed by atoms with Crippen LogP contribution in [-0.4, -0.2) is 30.2 Å². The van der Waals surface area contributed by atoms with Crippen molar-refractivity contribution in [2.24, 2.45) is 10.2 Å². The standard InChI is InChI=1S/C17H14FN3O2S/c1-23-15-6-5-13(18)8-14(15)12-4-2-3-11(7-12)9-19-21-17-20-16(22)10-24-17/h2-9H,10H2,1H3,(H,20,21,22). The first kappa shape index (κ1) is 16.2. The van der Waals surface area contributed by atoms with Crippen LogP contribution >= 0.6 is 11.8 Å². The van der Waals surface area contributed by atoms with Crippen LogP contribution < -0.4 is 10.1 Å². The Balaban J connectivity index is 1.84. The van der Waals surface area contributed by atoms with Crippen LogP contribution in [0.15, 0.2) is 52.7 Å². The predicted octanol–water partition coefficient (Wildman–Crippen LogP) is 3.05. The summed E-state index contributed by atoms with van der Waals surface area (Å²) in [6.07, 6.45) is 1.58. The Bertz CT molecular complexity index is 836. The zero-order valence-electron chi connectivity index (χ0n) is 12.8. The maximum atomic E-state index is 13.5. The van der Waals surface area contributed by atoms with E-state index in [0.29, 0.717) is 22.2 Å². The van der Waals surface area contributed by atoms with Gasteiger partial charge in [0.05, 0.1) is 19.1 Å². The third kappa shape index (κ3) is 3.80. The van der Waals surface area contributed by atoms with E-state index in [1.54, 1.807) is 19.4 Å². The quantitative estimate of drug-likeness (QED) is 0.685. The Kier molecular flexibility index (Phi) is 4.90. The number of thioether (sulfide) groups is 1. The van der Waals surface area contributed by atoms with Gasteiger partial charge in [0.25, 0.3) is 0 Å². The van der Waals surface area contributed by atoms with Crippen LogP contribution in [0.2, 0.25) is 0 Å². The number of nitrogens with zero attached hydrogens (tertiary/aromatic N) is 2. The lowest BCUT2D eigenvalue weighted by Crippen LogP contribution is -2.19. The molecule has 7 heteroatoms. The summed E-state index contributed by atoms with van der Waals surface area (Å²) < 4.78 is 18.8. The van der Waals surface area contributed by atoms with E-state index in [-0.39, 0.29) is 11.7 Å². The molecule has 1 aliphatic rings. The number of hydrogen-bond acceptors (Lipinski definition) is 5. The van der Waals surface area contributed by atoms with Crippen LogP contribution in [0, 0.1) is 5.82 Å². The van der Waals surface area contributed by atoms with Crippen molar-refractivity contribution in [2.45, 2.75) is 0 Å². The zero-order chi connectivity index (χ0) is 16.9. The second-order valence-electron chi connectivity index (χ2n) is 4.96. The molecule has 0 saturated carbocycles. The van der Waals surface area contributed by atoms with Crippen molar-refractivity contribution < 1.29 is 13.9 Å². The Morgan fingerprint density at radius 2 is 2.17 bits per heavy atom. The maximum absolute atomic E-state index is 13.5.